The predicted octanol–water partition coefficient (Wildman–Crippen LogP) is 8.66. The monoisotopic (exact) mass is 822 g/mol. The van der Waals surface area contributed by atoms with Gasteiger partial charge in [-0.15, -0.1) is 69.1 Å². The van der Waals surface area contributed by atoms with Gasteiger partial charge in [0, 0.05) is 0 Å². The molecule has 7 rings (SSSR count). The van der Waals surface area contributed by atoms with Crippen molar-refractivity contribution in [2.75, 3.05) is 0 Å². The van der Waals surface area contributed by atoms with Crippen molar-refractivity contribution in [3.05, 3.63) is 131 Å². The van der Waals surface area contributed by atoms with E-state index < -0.39 is 0 Å². The number of aryl methyl sites for hydroxylation is 1. The molecule has 0 spiro atoms. The quantitative estimate of drug-likeness (QED) is 0.117. The molecule has 1 saturated carbocycles. The standard InChI is InChI=1S/C25H29.C21H23.C2H6Si.2ClH.Zr/c1-25(2,3)22-14-12-19(13-15-22)23-11-7-10-20-16-21(17-24(20)23)18-8-5-4-6-9-18;1-4-15(3)17-9-11-18(12-10-17)20-8-6-7-19-13-16(5-2)14-21(19)20;1-3-2;;;/h7,10-18H,4-6,8-9H2,1-3H3;6-15H,4-5H2,1-3H3;1-2H3;2*1H;/q2*-1;;;;+2/p-2. The van der Waals surface area contributed by atoms with Gasteiger partial charge in [-0.1, -0.05) is 133 Å². The van der Waals surface area contributed by atoms with E-state index in [1.54, 1.807) is 28.9 Å². The van der Waals surface area contributed by atoms with E-state index in [-0.39, 0.29) is 35.7 Å². The zero-order chi connectivity index (χ0) is 35.8. The average molecular weight is 825 g/mol. The van der Waals surface area contributed by atoms with Gasteiger partial charge >= 0.3 is 41.9 Å². The Morgan fingerprint density at radius 2 is 1.21 bits per heavy atom. The van der Waals surface area contributed by atoms with Gasteiger partial charge in [0.1, 0.15) is 0 Å². The van der Waals surface area contributed by atoms with Gasteiger partial charge in [-0.2, -0.15) is 12.1 Å². The first kappa shape index (κ1) is 44.2. The van der Waals surface area contributed by atoms with Crippen molar-refractivity contribution in [1.82, 2.24) is 0 Å². The summed E-state index contributed by atoms with van der Waals surface area (Å²) in [5.74, 6) is 1.41. The Hall–Kier alpha value is -2.22. The van der Waals surface area contributed by atoms with Crippen molar-refractivity contribution in [2.24, 2.45) is 0 Å². The van der Waals surface area contributed by atoms with E-state index >= 15 is 0 Å². The summed E-state index contributed by atoms with van der Waals surface area (Å²) in [5.41, 5.74) is 11.6. The van der Waals surface area contributed by atoms with Crippen LogP contribution in [0.3, 0.4) is 0 Å². The molecule has 1 aliphatic rings. The third kappa shape index (κ3) is 11.4. The minimum Gasteiger partial charge on any atom is -1.00 e. The molecule has 0 nitrogen and oxygen atoms in total. The first-order valence-electron chi connectivity index (χ1n) is 19.1. The van der Waals surface area contributed by atoms with Gasteiger partial charge in [0.05, 0.1) is 0 Å². The molecule has 0 N–H and O–H groups in total. The second-order valence-electron chi connectivity index (χ2n) is 15.7. The number of fused-ring (bicyclic) bond motifs is 2. The Morgan fingerprint density at radius 1 is 0.712 bits per heavy atom. The minimum absolute atomic E-state index is 0. The number of benzene rings is 4. The van der Waals surface area contributed by atoms with Gasteiger partial charge < -0.3 is 24.8 Å². The summed E-state index contributed by atoms with van der Waals surface area (Å²) < 4.78 is 0. The van der Waals surface area contributed by atoms with Crippen LogP contribution in [0.1, 0.15) is 114 Å². The van der Waals surface area contributed by atoms with Crippen LogP contribution in [0.15, 0.2) is 109 Å². The molecule has 0 bridgehead atoms. The first-order chi connectivity index (χ1) is 24.0. The molecule has 6 aromatic rings. The zero-order valence-electron chi connectivity index (χ0n) is 32.8. The van der Waals surface area contributed by atoms with Crippen molar-refractivity contribution < 1.29 is 48.1 Å². The maximum atomic E-state index is 2.47. The molecule has 0 heterocycles. The molecular weight excluding hydrogens is 767 g/mol. The van der Waals surface area contributed by atoms with E-state index in [0.29, 0.717) is 5.92 Å². The maximum absolute atomic E-state index is 2.47. The number of hydrogen-bond donors (Lipinski definition) is 0. The molecule has 1 fully saturated rings. The van der Waals surface area contributed by atoms with Crippen LogP contribution in [0.4, 0.5) is 0 Å². The second-order valence-corrected chi connectivity index (χ2v) is 25.1. The maximum Gasteiger partial charge on any atom is -1.00 e. The molecule has 0 amide bonds. The van der Waals surface area contributed by atoms with Crippen LogP contribution in [0, 0.1) is 0 Å². The predicted molar refractivity (Wildman–Crippen MR) is 220 cm³/mol. The number of halogens is 2. The molecule has 1 atom stereocenters. The summed E-state index contributed by atoms with van der Waals surface area (Å²) >= 11 is 1.74. The zero-order valence-corrected chi connectivity index (χ0v) is 37.7. The summed E-state index contributed by atoms with van der Waals surface area (Å²) in [6.45, 7) is 18.2. The third-order valence-electron chi connectivity index (χ3n) is 10.5. The Balaban J connectivity index is 0.000000249. The smallest absolute Gasteiger partial charge is 1.00 e. The van der Waals surface area contributed by atoms with Crippen LogP contribution in [-0.4, -0.2) is 5.43 Å². The van der Waals surface area contributed by atoms with Crippen LogP contribution in [0.5, 0.6) is 0 Å². The van der Waals surface area contributed by atoms with Crippen LogP contribution >= 0.6 is 0 Å². The normalized spacial score (nSPS) is 13.6. The van der Waals surface area contributed by atoms with Gasteiger partial charge in [0.25, 0.3) is 0 Å². The topological polar surface area (TPSA) is 0 Å². The fraction of sp³-hybridized carbons (Fsp3) is 0.375. The van der Waals surface area contributed by atoms with E-state index in [4.69, 9.17) is 0 Å². The largest absolute Gasteiger partial charge is 1.00 e. The van der Waals surface area contributed by atoms with Crippen molar-refractivity contribution in [3.8, 4) is 22.3 Å². The molecule has 4 heteroatoms. The van der Waals surface area contributed by atoms with Crippen LogP contribution in [0.2, 0.25) is 13.1 Å². The summed E-state index contributed by atoms with van der Waals surface area (Å²) in [6, 6.07) is 41.2. The number of rotatable bonds is 6. The van der Waals surface area contributed by atoms with Crippen LogP contribution < -0.4 is 24.8 Å². The third-order valence-corrected chi connectivity index (χ3v) is 10.5. The molecular formula is C48H58Cl2SiZr-2. The molecule has 0 aromatic heterocycles. The van der Waals surface area contributed by atoms with Crippen molar-refractivity contribution >= 4 is 27.0 Å². The van der Waals surface area contributed by atoms with Gasteiger partial charge in [0.2, 0.25) is 0 Å². The first-order valence-corrected chi connectivity index (χ1v) is 25.3. The Kier molecular flexibility index (Phi) is 17.4. The van der Waals surface area contributed by atoms with Crippen LogP contribution in [-0.2, 0) is 35.2 Å². The molecule has 274 valence electrons. The van der Waals surface area contributed by atoms with E-state index in [1.807, 2.05) is 0 Å². The summed E-state index contributed by atoms with van der Waals surface area (Å²) in [7, 11) is 0. The van der Waals surface area contributed by atoms with E-state index in [0.717, 1.165) is 12.3 Å². The molecule has 52 heavy (non-hydrogen) atoms. The van der Waals surface area contributed by atoms with Gasteiger partial charge in [-0.25, -0.2) is 0 Å². The van der Waals surface area contributed by atoms with E-state index in [9.17, 15) is 0 Å². The van der Waals surface area contributed by atoms with E-state index in [2.05, 4.69) is 164 Å². The molecule has 0 radical (unpaired) electrons. The summed E-state index contributed by atoms with van der Waals surface area (Å²) in [6.07, 6.45) is 9.24. The van der Waals surface area contributed by atoms with Gasteiger partial charge in [0.15, 0.2) is 0 Å². The molecule has 6 aromatic carbocycles. The fourth-order valence-corrected chi connectivity index (χ4v) is 7.31. The number of hydrogen-bond acceptors (Lipinski definition) is 0. The van der Waals surface area contributed by atoms with Crippen molar-refractivity contribution in [2.45, 2.75) is 117 Å². The summed E-state index contributed by atoms with van der Waals surface area (Å²) in [5, 5.41) is 5.56. The SMILES string of the molecule is CC(C)(C)c1ccc(-c2cccc3[cH-]c(C4CCCCC4)cc23)cc1.CCc1cc2c(-c3ccc(C(C)CC)cc3)cccc2[cH-]1.C[Si](C)=[Zr+2].[Cl-].[Cl-]. The Morgan fingerprint density at radius 3 is 1.71 bits per heavy atom. The van der Waals surface area contributed by atoms with Gasteiger partial charge in [-0.3, -0.25) is 0 Å². The Labute approximate surface area is 343 Å². The molecule has 1 unspecified atom stereocenters. The fourth-order valence-electron chi connectivity index (χ4n) is 7.31. The minimum atomic E-state index is 0. The molecule has 0 aliphatic heterocycles. The summed E-state index contributed by atoms with van der Waals surface area (Å²) in [4.78, 5) is 0. The van der Waals surface area contributed by atoms with Crippen LogP contribution in [0.25, 0.3) is 43.8 Å². The van der Waals surface area contributed by atoms with Crippen molar-refractivity contribution in [1.29, 1.82) is 0 Å². The van der Waals surface area contributed by atoms with Gasteiger partial charge in [-0.05, 0) is 65.2 Å². The van der Waals surface area contributed by atoms with Crippen molar-refractivity contribution in [3.63, 3.8) is 0 Å². The molecule has 1 aliphatic carbocycles. The van der Waals surface area contributed by atoms with E-state index in [1.165, 1.54) is 99.0 Å². The molecule has 0 saturated heterocycles. The average Bonchev–Trinajstić information content (AvgIpc) is 3.76. The second kappa shape index (κ2) is 20.5. The Bertz CT molecular complexity index is 1980.